The minimum atomic E-state index is -1.50. The van der Waals surface area contributed by atoms with Crippen LogP contribution in [0.1, 0.15) is 66.1 Å². The van der Waals surface area contributed by atoms with Crippen molar-refractivity contribution in [3.63, 3.8) is 0 Å². The Morgan fingerprint density at radius 3 is 2.28 bits per heavy atom. The maximum absolute atomic E-state index is 9.17. The van der Waals surface area contributed by atoms with Crippen LogP contribution in [0.15, 0.2) is 12.3 Å². The fraction of sp³-hybridized carbons (Fsp3) is 0.833. The van der Waals surface area contributed by atoms with E-state index in [9.17, 15) is 0 Å². The predicted octanol–water partition coefficient (Wildman–Crippen LogP) is 2.39. The Labute approximate surface area is 151 Å². The van der Waals surface area contributed by atoms with Gasteiger partial charge in [-0.2, -0.15) is 5.10 Å². The summed E-state index contributed by atoms with van der Waals surface area (Å²) in [7, 11) is 0. The lowest BCUT2D eigenvalue weighted by molar-refractivity contribution is -0.140. The molecule has 1 aromatic heterocycles. The van der Waals surface area contributed by atoms with Crippen molar-refractivity contribution < 1.29 is 24.8 Å². The van der Waals surface area contributed by atoms with Gasteiger partial charge in [0.2, 0.25) is 0 Å². The van der Waals surface area contributed by atoms with E-state index in [1.54, 1.807) is 0 Å². The molecule has 0 bridgehead atoms. The molecule has 0 amide bonds. The number of rotatable bonds is 5. The molecule has 0 aromatic carbocycles. The smallest absolute Gasteiger partial charge is 0.163 e. The summed E-state index contributed by atoms with van der Waals surface area (Å²) in [6, 6.07) is 2.13. The molecular formula is C18H36N2O5. The second-order valence-electron chi connectivity index (χ2n) is 6.78. The van der Waals surface area contributed by atoms with E-state index >= 15 is 0 Å². The molecule has 25 heavy (non-hydrogen) atoms. The van der Waals surface area contributed by atoms with Crippen molar-refractivity contribution in [2.24, 2.45) is 0 Å². The third-order valence-corrected chi connectivity index (χ3v) is 3.18. The van der Waals surface area contributed by atoms with Crippen molar-refractivity contribution in [3.05, 3.63) is 18.0 Å². The molecule has 1 fully saturated rings. The van der Waals surface area contributed by atoms with Crippen LogP contribution in [0.25, 0.3) is 0 Å². The quantitative estimate of drug-likeness (QED) is 0.698. The molecule has 3 N–H and O–H groups in total. The lowest BCUT2D eigenvalue weighted by Crippen LogP contribution is -2.24. The van der Waals surface area contributed by atoms with Gasteiger partial charge in [-0.3, -0.25) is 4.68 Å². The molecule has 0 saturated carbocycles. The summed E-state index contributed by atoms with van der Waals surface area (Å²) < 4.78 is 13.3. The average molecular weight is 360 g/mol. The van der Waals surface area contributed by atoms with E-state index in [4.69, 9.17) is 24.8 Å². The van der Waals surface area contributed by atoms with Crippen LogP contribution in [-0.2, 0) is 9.47 Å². The molecule has 7 heteroatoms. The number of aliphatic hydroxyl groups excluding tert-OH is 1. The first-order chi connectivity index (χ1) is 11.5. The summed E-state index contributed by atoms with van der Waals surface area (Å²) in [5.74, 6) is -1.99. The summed E-state index contributed by atoms with van der Waals surface area (Å²) in [5, 5.41) is 29.7. The molecule has 1 aliphatic heterocycles. The van der Waals surface area contributed by atoms with Gasteiger partial charge in [-0.25, -0.2) is 0 Å². The Balaban J connectivity index is 0.000000710. The van der Waals surface area contributed by atoms with Crippen LogP contribution in [0.3, 0.4) is 0 Å². The molecule has 1 aromatic rings. The molecule has 148 valence electrons. The SMILES string of the molecule is CC.CC(C)(O)O.Cc1ccn(C(CCO)CC2COC(C)(C)O2)n1. The molecular weight excluding hydrogens is 324 g/mol. The average Bonchev–Trinajstić information content (AvgIpc) is 3.05. The highest BCUT2D eigenvalue weighted by Crippen LogP contribution is 2.28. The zero-order valence-electron chi connectivity index (χ0n) is 16.7. The minimum Gasteiger partial charge on any atom is -0.396 e. The van der Waals surface area contributed by atoms with Gasteiger partial charge in [-0.05, 0) is 53.5 Å². The fourth-order valence-corrected chi connectivity index (χ4v) is 2.33. The number of hydrogen-bond acceptors (Lipinski definition) is 6. The summed E-state index contributed by atoms with van der Waals surface area (Å²) >= 11 is 0. The predicted molar refractivity (Wildman–Crippen MR) is 97.1 cm³/mol. The van der Waals surface area contributed by atoms with Gasteiger partial charge in [0.1, 0.15) is 0 Å². The zero-order chi connectivity index (χ0) is 19.7. The Morgan fingerprint density at radius 1 is 1.36 bits per heavy atom. The second kappa shape index (κ2) is 10.9. The van der Waals surface area contributed by atoms with Crippen LogP contribution < -0.4 is 0 Å². The number of aryl methyl sites for hydroxylation is 1. The van der Waals surface area contributed by atoms with E-state index < -0.39 is 11.6 Å². The molecule has 2 atom stereocenters. The van der Waals surface area contributed by atoms with Gasteiger partial charge >= 0.3 is 0 Å². The third kappa shape index (κ3) is 11.3. The highest BCUT2D eigenvalue weighted by Gasteiger charge is 2.34. The van der Waals surface area contributed by atoms with Gasteiger partial charge < -0.3 is 24.8 Å². The normalized spacial score (nSPS) is 20.2. The maximum atomic E-state index is 9.17. The number of hydrogen-bond donors (Lipinski definition) is 3. The number of aromatic nitrogens is 2. The van der Waals surface area contributed by atoms with Gasteiger partial charge in [0.25, 0.3) is 0 Å². The highest BCUT2D eigenvalue weighted by molar-refractivity contribution is 4.96. The van der Waals surface area contributed by atoms with Crippen molar-refractivity contribution >= 4 is 0 Å². The number of aliphatic hydroxyl groups is 3. The van der Waals surface area contributed by atoms with Gasteiger partial charge in [-0.15, -0.1) is 0 Å². The van der Waals surface area contributed by atoms with Crippen LogP contribution >= 0.6 is 0 Å². The summed E-state index contributed by atoms with van der Waals surface area (Å²) in [6.07, 6.45) is 3.52. The highest BCUT2D eigenvalue weighted by atomic mass is 16.7. The van der Waals surface area contributed by atoms with E-state index in [1.807, 2.05) is 51.6 Å². The third-order valence-electron chi connectivity index (χ3n) is 3.18. The molecule has 0 spiro atoms. The molecule has 0 aliphatic carbocycles. The van der Waals surface area contributed by atoms with Gasteiger partial charge in [0, 0.05) is 12.8 Å². The van der Waals surface area contributed by atoms with Crippen LogP contribution in [0.4, 0.5) is 0 Å². The standard InChI is InChI=1S/C13H22N2O3.C3H8O2.C2H6/c1-10-4-6-15(14-10)11(5-7-16)8-12-9-17-13(2,3)18-12;1-3(2,4)5;1-2/h4,6,11-12,16H,5,7-9H2,1-3H3;4-5H,1-2H3;1-2H3. The van der Waals surface area contributed by atoms with E-state index in [0.717, 1.165) is 12.1 Å². The van der Waals surface area contributed by atoms with Gasteiger partial charge in [0.15, 0.2) is 11.6 Å². The van der Waals surface area contributed by atoms with E-state index in [1.165, 1.54) is 13.8 Å². The Kier molecular flexibility index (Phi) is 10.4. The second-order valence-corrected chi connectivity index (χ2v) is 6.78. The number of nitrogens with zero attached hydrogens (tertiary/aromatic N) is 2. The van der Waals surface area contributed by atoms with Crippen molar-refractivity contribution in [3.8, 4) is 0 Å². The Hall–Kier alpha value is -0.990. The molecule has 7 nitrogen and oxygen atoms in total. The molecule has 1 saturated heterocycles. The zero-order valence-corrected chi connectivity index (χ0v) is 16.7. The monoisotopic (exact) mass is 360 g/mol. The minimum absolute atomic E-state index is 0.0704. The fourth-order valence-electron chi connectivity index (χ4n) is 2.33. The molecule has 2 rings (SSSR count). The number of ether oxygens (including phenoxy) is 2. The summed E-state index contributed by atoms with van der Waals surface area (Å²) in [4.78, 5) is 0. The van der Waals surface area contributed by atoms with Crippen molar-refractivity contribution in [1.29, 1.82) is 0 Å². The lowest BCUT2D eigenvalue weighted by Gasteiger charge is -2.21. The van der Waals surface area contributed by atoms with Gasteiger partial charge in [0.05, 0.1) is 24.4 Å². The molecule has 0 radical (unpaired) electrons. The molecule has 2 unspecified atom stereocenters. The Bertz CT molecular complexity index is 462. The van der Waals surface area contributed by atoms with Crippen LogP contribution in [0.5, 0.6) is 0 Å². The first-order valence-corrected chi connectivity index (χ1v) is 8.89. The van der Waals surface area contributed by atoms with Gasteiger partial charge in [-0.1, -0.05) is 13.8 Å². The van der Waals surface area contributed by atoms with E-state index in [2.05, 4.69) is 5.10 Å². The first kappa shape index (κ1) is 24.0. The van der Waals surface area contributed by atoms with Crippen molar-refractivity contribution in [2.45, 2.75) is 85.0 Å². The van der Waals surface area contributed by atoms with E-state index in [0.29, 0.717) is 13.0 Å². The lowest BCUT2D eigenvalue weighted by atomic mass is 10.1. The van der Waals surface area contributed by atoms with Crippen LogP contribution in [0.2, 0.25) is 0 Å². The molecule has 2 heterocycles. The van der Waals surface area contributed by atoms with Crippen LogP contribution in [-0.4, -0.2) is 56.0 Å². The maximum Gasteiger partial charge on any atom is 0.163 e. The summed E-state index contributed by atoms with van der Waals surface area (Å²) in [6.45, 7) is 13.2. The Morgan fingerprint density at radius 2 is 1.92 bits per heavy atom. The largest absolute Gasteiger partial charge is 0.396 e. The van der Waals surface area contributed by atoms with Crippen molar-refractivity contribution in [1.82, 2.24) is 9.78 Å². The van der Waals surface area contributed by atoms with Crippen molar-refractivity contribution in [2.75, 3.05) is 13.2 Å². The molecule has 1 aliphatic rings. The van der Waals surface area contributed by atoms with E-state index in [-0.39, 0.29) is 18.8 Å². The topological polar surface area (TPSA) is 97.0 Å². The summed E-state index contributed by atoms with van der Waals surface area (Å²) in [5.41, 5.74) is 0.988. The first-order valence-electron chi connectivity index (χ1n) is 8.89. The van der Waals surface area contributed by atoms with Crippen LogP contribution in [0, 0.1) is 6.92 Å².